The lowest BCUT2D eigenvalue weighted by Gasteiger charge is -2.10. The summed E-state index contributed by atoms with van der Waals surface area (Å²) >= 11 is 0. The van der Waals surface area contributed by atoms with Gasteiger partial charge in [0.15, 0.2) is 6.61 Å². The van der Waals surface area contributed by atoms with Gasteiger partial charge in [0, 0.05) is 12.1 Å². The molecule has 3 aromatic rings. The first-order chi connectivity index (χ1) is 12.0. The molecule has 1 aromatic heterocycles. The summed E-state index contributed by atoms with van der Waals surface area (Å²) in [5.74, 6) is -1.09. The summed E-state index contributed by atoms with van der Waals surface area (Å²) < 4.78 is 5.16. The van der Waals surface area contributed by atoms with Crippen LogP contribution in [0.5, 0.6) is 5.75 Å². The van der Waals surface area contributed by atoms with E-state index in [0.29, 0.717) is 10.9 Å². The number of aromatic amines is 1. The van der Waals surface area contributed by atoms with Crippen LogP contribution in [-0.4, -0.2) is 32.6 Å². The summed E-state index contributed by atoms with van der Waals surface area (Å²) in [4.78, 5) is 40.2. The second-order valence-electron chi connectivity index (χ2n) is 5.05. The SMILES string of the molecule is O=C(O)COc1ccc([N+](=O)[O-])cc1-c1nc2ccccc2c(=O)[nH]1. The van der Waals surface area contributed by atoms with Crippen LogP contribution in [0.25, 0.3) is 22.3 Å². The maximum atomic E-state index is 12.2. The minimum atomic E-state index is -1.20. The number of nitro groups is 1. The molecular weight excluding hydrogens is 330 g/mol. The number of hydrogen-bond donors (Lipinski definition) is 2. The molecule has 2 N–H and O–H groups in total. The molecule has 2 aromatic carbocycles. The molecule has 0 radical (unpaired) electrons. The quantitative estimate of drug-likeness (QED) is 0.535. The minimum absolute atomic E-state index is 0.0489. The van der Waals surface area contributed by atoms with Gasteiger partial charge in [-0.1, -0.05) is 12.1 Å². The number of carboxylic acids is 1. The Morgan fingerprint density at radius 1 is 1.28 bits per heavy atom. The molecule has 0 spiro atoms. The molecule has 0 bridgehead atoms. The van der Waals surface area contributed by atoms with Crippen LogP contribution in [0.4, 0.5) is 5.69 Å². The second-order valence-corrected chi connectivity index (χ2v) is 5.05. The summed E-state index contributed by atoms with van der Waals surface area (Å²) in [5, 5.41) is 20.1. The molecule has 0 saturated carbocycles. The summed E-state index contributed by atoms with van der Waals surface area (Å²) in [6.45, 7) is -0.636. The number of benzene rings is 2. The number of rotatable bonds is 5. The maximum Gasteiger partial charge on any atom is 0.341 e. The van der Waals surface area contributed by atoms with Crippen molar-refractivity contribution in [2.24, 2.45) is 0 Å². The number of H-pyrrole nitrogens is 1. The van der Waals surface area contributed by atoms with E-state index in [-0.39, 0.29) is 22.8 Å². The van der Waals surface area contributed by atoms with E-state index < -0.39 is 23.1 Å². The van der Waals surface area contributed by atoms with Gasteiger partial charge in [-0.2, -0.15) is 0 Å². The molecule has 25 heavy (non-hydrogen) atoms. The van der Waals surface area contributed by atoms with Gasteiger partial charge in [-0.15, -0.1) is 0 Å². The van der Waals surface area contributed by atoms with E-state index >= 15 is 0 Å². The molecule has 0 saturated heterocycles. The number of aromatic nitrogens is 2. The van der Waals surface area contributed by atoms with Crippen molar-refractivity contribution in [2.45, 2.75) is 0 Å². The molecule has 0 aliphatic rings. The van der Waals surface area contributed by atoms with Gasteiger partial charge in [0.1, 0.15) is 11.6 Å². The fourth-order valence-corrected chi connectivity index (χ4v) is 2.30. The van der Waals surface area contributed by atoms with Gasteiger partial charge < -0.3 is 14.8 Å². The number of fused-ring (bicyclic) bond motifs is 1. The van der Waals surface area contributed by atoms with Crippen LogP contribution in [-0.2, 0) is 4.79 Å². The highest BCUT2D eigenvalue weighted by atomic mass is 16.6. The lowest BCUT2D eigenvalue weighted by Crippen LogP contribution is -2.12. The molecule has 0 atom stereocenters. The Labute approximate surface area is 139 Å². The average molecular weight is 341 g/mol. The fraction of sp³-hybridized carbons (Fsp3) is 0.0625. The van der Waals surface area contributed by atoms with E-state index in [9.17, 15) is 19.7 Å². The lowest BCUT2D eigenvalue weighted by atomic mass is 10.1. The normalized spacial score (nSPS) is 10.6. The summed E-state index contributed by atoms with van der Waals surface area (Å²) in [6, 6.07) is 10.2. The molecular formula is C16H11N3O6. The number of nitrogens with zero attached hydrogens (tertiary/aromatic N) is 2. The molecule has 9 heteroatoms. The third kappa shape index (κ3) is 3.29. The van der Waals surface area contributed by atoms with Crippen LogP contribution < -0.4 is 10.3 Å². The number of non-ortho nitro benzene ring substituents is 1. The Balaban J connectivity index is 2.19. The van der Waals surface area contributed by atoms with Gasteiger partial charge in [0.05, 0.1) is 21.4 Å². The molecule has 0 fully saturated rings. The van der Waals surface area contributed by atoms with Crippen LogP contribution in [0, 0.1) is 10.1 Å². The summed E-state index contributed by atoms with van der Waals surface area (Å²) in [6.07, 6.45) is 0. The summed E-state index contributed by atoms with van der Waals surface area (Å²) in [5.41, 5.74) is -0.139. The van der Waals surface area contributed by atoms with Gasteiger partial charge in [-0.3, -0.25) is 14.9 Å². The third-order valence-corrected chi connectivity index (χ3v) is 3.39. The molecule has 1 heterocycles. The first-order valence-electron chi connectivity index (χ1n) is 7.08. The largest absolute Gasteiger partial charge is 0.481 e. The smallest absolute Gasteiger partial charge is 0.341 e. The van der Waals surface area contributed by atoms with Crippen molar-refractivity contribution in [2.75, 3.05) is 6.61 Å². The number of carboxylic acid groups (broad SMARTS) is 1. The van der Waals surface area contributed by atoms with Crippen molar-refractivity contribution in [3.05, 3.63) is 62.9 Å². The average Bonchev–Trinajstić information content (AvgIpc) is 2.59. The first-order valence-corrected chi connectivity index (χ1v) is 7.08. The van der Waals surface area contributed by atoms with Crippen molar-refractivity contribution >= 4 is 22.6 Å². The number of ether oxygens (including phenoxy) is 1. The zero-order valence-corrected chi connectivity index (χ0v) is 12.6. The topological polar surface area (TPSA) is 135 Å². The van der Waals surface area contributed by atoms with Crippen molar-refractivity contribution in [1.29, 1.82) is 0 Å². The van der Waals surface area contributed by atoms with Crippen molar-refractivity contribution in [3.8, 4) is 17.1 Å². The molecule has 126 valence electrons. The van der Waals surface area contributed by atoms with Crippen molar-refractivity contribution < 1.29 is 19.6 Å². The minimum Gasteiger partial charge on any atom is -0.481 e. The van der Waals surface area contributed by atoms with Crippen LogP contribution in [0.15, 0.2) is 47.3 Å². The van der Waals surface area contributed by atoms with E-state index in [1.54, 1.807) is 24.3 Å². The van der Waals surface area contributed by atoms with E-state index in [0.717, 1.165) is 0 Å². The molecule has 0 amide bonds. The van der Waals surface area contributed by atoms with E-state index in [2.05, 4.69) is 9.97 Å². The molecule has 3 rings (SSSR count). The molecule has 9 nitrogen and oxygen atoms in total. The number of nitro benzene ring substituents is 1. The standard InChI is InChI=1S/C16H11N3O6/c20-14(21)8-25-13-6-5-9(19(23)24)7-11(13)15-17-12-4-2-1-3-10(12)16(22)18-15/h1-7H,8H2,(H,20,21)(H,17,18,22). The Bertz CT molecular complexity index is 1040. The fourth-order valence-electron chi connectivity index (χ4n) is 2.30. The molecule has 0 aliphatic carbocycles. The van der Waals surface area contributed by atoms with Crippen LogP contribution in [0.3, 0.4) is 0 Å². The predicted molar refractivity (Wildman–Crippen MR) is 87.6 cm³/mol. The van der Waals surface area contributed by atoms with Crippen LogP contribution >= 0.6 is 0 Å². The number of para-hydroxylation sites is 1. The number of hydrogen-bond acceptors (Lipinski definition) is 6. The monoisotopic (exact) mass is 341 g/mol. The Morgan fingerprint density at radius 2 is 2.04 bits per heavy atom. The van der Waals surface area contributed by atoms with Gasteiger partial charge >= 0.3 is 5.97 Å². The summed E-state index contributed by atoms with van der Waals surface area (Å²) in [7, 11) is 0. The molecule has 0 aliphatic heterocycles. The van der Waals surface area contributed by atoms with Crippen LogP contribution in [0.2, 0.25) is 0 Å². The zero-order chi connectivity index (χ0) is 18.0. The highest BCUT2D eigenvalue weighted by Crippen LogP contribution is 2.31. The van der Waals surface area contributed by atoms with E-state index in [1.165, 1.54) is 18.2 Å². The van der Waals surface area contributed by atoms with E-state index in [1.807, 2.05) is 0 Å². The highest BCUT2D eigenvalue weighted by molar-refractivity contribution is 5.80. The number of nitrogens with one attached hydrogen (secondary N) is 1. The van der Waals surface area contributed by atoms with Gasteiger partial charge in [-0.05, 0) is 18.2 Å². The third-order valence-electron chi connectivity index (χ3n) is 3.39. The van der Waals surface area contributed by atoms with Gasteiger partial charge in [0.2, 0.25) is 0 Å². The maximum absolute atomic E-state index is 12.2. The Morgan fingerprint density at radius 3 is 2.76 bits per heavy atom. The van der Waals surface area contributed by atoms with Crippen molar-refractivity contribution in [1.82, 2.24) is 9.97 Å². The Hall–Kier alpha value is -3.75. The highest BCUT2D eigenvalue weighted by Gasteiger charge is 2.17. The predicted octanol–water partition coefficient (Wildman–Crippen LogP) is 1.96. The second kappa shape index (κ2) is 6.40. The Kier molecular flexibility index (Phi) is 4.12. The molecule has 0 unspecified atom stereocenters. The van der Waals surface area contributed by atoms with E-state index in [4.69, 9.17) is 9.84 Å². The number of carbonyl (C=O) groups is 1. The zero-order valence-electron chi connectivity index (χ0n) is 12.6. The van der Waals surface area contributed by atoms with Gasteiger partial charge in [0.25, 0.3) is 11.2 Å². The van der Waals surface area contributed by atoms with Crippen molar-refractivity contribution in [3.63, 3.8) is 0 Å². The van der Waals surface area contributed by atoms with Crippen LogP contribution in [0.1, 0.15) is 0 Å². The van der Waals surface area contributed by atoms with Gasteiger partial charge in [-0.25, -0.2) is 9.78 Å². The lowest BCUT2D eigenvalue weighted by molar-refractivity contribution is -0.384. The first kappa shape index (κ1) is 16.1. The number of aliphatic carboxylic acids is 1.